The number of anilines is 1. The standard InChI is InChI=1S/C12H11F3N2OS/c1-17(5-8(14)15)12(18)11-10(16)9-6(13)3-2-4-7(9)19-11/h2-4,8H,5,16H2,1H3. The second kappa shape index (κ2) is 5.08. The maximum absolute atomic E-state index is 13.6. The van der Waals surface area contributed by atoms with Gasteiger partial charge in [0.15, 0.2) is 0 Å². The van der Waals surface area contributed by atoms with Gasteiger partial charge in [0, 0.05) is 11.7 Å². The van der Waals surface area contributed by atoms with Crippen LogP contribution in [-0.4, -0.2) is 30.8 Å². The first-order valence-corrected chi connectivity index (χ1v) is 6.23. The summed E-state index contributed by atoms with van der Waals surface area (Å²) in [7, 11) is 1.26. The van der Waals surface area contributed by atoms with Gasteiger partial charge < -0.3 is 10.6 Å². The van der Waals surface area contributed by atoms with Gasteiger partial charge in [0.2, 0.25) is 0 Å². The molecule has 0 saturated carbocycles. The maximum Gasteiger partial charge on any atom is 0.266 e. The molecule has 3 nitrogen and oxygen atoms in total. The highest BCUT2D eigenvalue weighted by atomic mass is 32.1. The predicted octanol–water partition coefficient (Wildman–Crippen LogP) is 2.96. The van der Waals surface area contributed by atoms with Crippen LogP contribution in [0.3, 0.4) is 0 Å². The lowest BCUT2D eigenvalue weighted by Crippen LogP contribution is -2.31. The van der Waals surface area contributed by atoms with E-state index in [0.717, 1.165) is 16.2 Å². The number of halogens is 3. The van der Waals surface area contributed by atoms with Crippen molar-refractivity contribution in [1.82, 2.24) is 4.90 Å². The lowest BCUT2D eigenvalue weighted by atomic mass is 10.2. The molecule has 1 aromatic carbocycles. The lowest BCUT2D eigenvalue weighted by molar-refractivity contribution is 0.0625. The molecule has 1 heterocycles. The minimum absolute atomic E-state index is 0.00390. The number of carbonyl (C=O) groups is 1. The Morgan fingerprint density at radius 2 is 2.16 bits per heavy atom. The molecule has 0 aliphatic heterocycles. The Balaban J connectivity index is 2.43. The number of hydrogen-bond donors (Lipinski definition) is 1. The number of alkyl halides is 2. The molecule has 1 amide bonds. The number of nitrogen functional groups attached to an aromatic ring is 1. The molecule has 7 heteroatoms. The fourth-order valence-corrected chi connectivity index (χ4v) is 2.88. The molecule has 0 aliphatic rings. The van der Waals surface area contributed by atoms with Crippen molar-refractivity contribution in [3.05, 3.63) is 28.9 Å². The first kappa shape index (κ1) is 13.7. The third kappa shape index (κ3) is 2.51. The van der Waals surface area contributed by atoms with Gasteiger partial charge in [-0.25, -0.2) is 13.2 Å². The van der Waals surface area contributed by atoms with Crippen LogP contribution in [0.25, 0.3) is 10.1 Å². The van der Waals surface area contributed by atoms with E-state index in [4.69, 9.17) is 5.73 Å². The van der Waals surface area contributed by atoms with Crippen molar-refractivity contribution in [3.8, 4) is 0 Å². The smallest absolute Gasteiger partial charge is 0.266 e. The van der Waals surface area contributed by atoms with Gasteiger partial charge >= 0.3 is 0 Å². The molecule has 0 fully saturated rings. The van der Waals surface area contributed by atoms with Gasteiger partial charge in [-0.05, 0) is 12.1 Å². The number of amides is 1. The van der Waals surface area contributed by atoms with Crippen LogP contribution >= 0.6 is 11.3 Å². The summed E-state index contributed by atoms with van der Waals surface area (Å²) in [4.78, 5) is 12.9. The molecule has 0 unspecified atom stereocenters. The minimum atomic E-state index is -2.62. The summed E-state index contributed by atoms with van der Waals surface area (Å²) in [6.07, 6.45) is -2.62. The van der Waals surface area contributed by atoms with E-state index >= 15 is 0 Å². The molecule has 0 saturated heterocycles. The first-order valence-electron chi connectivity index (χ1n) is 5.42. The number of nitrogens with two attached hydrogens (primary N) is 1. The van der Waals surface area contributed by atoms with Gasteiger partial charge in [-0.1, -0.05) is 6.07 Å². The van der Waals surface area contributed by atoms with E-state index in [9.17, 15) is 18.0 Å². The molecule has 1 aromatic heterocycles. The number of carbonyl (C=O) groups excluding carboxylic acids is 1. The molecule has 0 spiro atoms. The van der Waals surface area contributed by atoms with Gasteiger partial charge in [0.25, 0.3) is 12.3 Å². The van der Waals surface area contributed by atoms with Crippen molar-refractivity contribution in [2.24, 2.45) is 0 Å². The van der Waals surface area contributed by atoms with Crippen molar-refractivity contribution in [1.29, 1.82) is 0 Å². The first-order chi connectivity index (χ1) is 8.91. The van der Waals surface area contributed by atoms with Gasteiger partial charge in [-0.15, -0.1) is 11.3 Å². The van der Waals surface area contributed by atoms with Crippen LogP contribution in [0.15, 0.2) is 18.2 Å². The molecule has 102 valence electrons. The molecular formula is C12H11F3N2OS. The molecule has 2 rings (SSSR count). The zero-order valence-corrected chi connectivity index (χ0v) is 10.8. The van der Waals surface area contributed by atoms with E-state index in [1.165, 1.54) is 19.2 Å². The fourth-order valence-electron chi connectivity index (χ4n) is 1.75. The highest BCUT2D eigenvalue weighted by molar-refractivity contribution is 7.21. The molecule has 0 atom stereocenters. The van der Waals surface area contributed by atoms with Crippen LogP contribution < -0.4 is 5.73 Å². The summed E-state index contributed by atoms with van der Waals surface area (Å²) in [5.74, 6) is -1.15. The molecule has 0 aliphatic carbocycles. The maximum atomic E-state index is 13.6. The van der Waals surface area contributed by atoms with E-state index < -0.39 is 24.7 Å². The zero-order chi connectivity index (χ0) is 14.2. The van der Waals surface area contributed by atoms with Crippen molar-refractivity contribution >= 4 is 33.0 Å². The average molecular weight is 288 g/mol. The van der Waals surface area contributed by atoms with Gasteiger partial charge in [0.1, 0.15) is 10.7 Å². The van der Waals surface area contributed by atoms with Crippen LogP contribution in [-0.2, 0) is 0 Å². The van der Waals surface area contributed by atoms with Crippen LogP contribution in [0.4, 0.5) is 18.9 Å². The summed E-state index contributed by atoms with van der Waals surface area (Å²) >= 11 is 1.00. The quantitative estimate of drug-likeness (QED) is 0.944. The number of fused-ring (bicyclic) bond motifs is 1. The molecule has 2 N–H and O–H groups in total. The van der Waals surface area contributed by atoms with Crippen molar-refractivity contribution in [3.63, 3.8) is 0 Å². The van der Waals surface area contributed by atoms with E-state index in [1.54, 1.807) is 6.07 Å². The number of hydrogen-bond acceptors (Lipinski definition) is 3. The summed E-state index contributed by atoms with van der Waals surface area (Å²) < 4.78 is 38.6. The van der Waals surface area contributed by atoms with Crippen molar-refractivity contribution in [2.75, 3.05) is 19.3 Å². The minimum Gasteiger partial charge on any atom is -0.397 e. The fraction of sp³-hybridized carbons (Fsp3) is 0.250. The Morgan fingerprint density at radius 3 is 2.74 bits per heavy atom. The number of benzene rings is 1. The summed E-state index contributed by atoms with van der Waals surface area (Å²) in [6, 6.07) is 4.37. The number of rotatable bonds is 3. The van der Waals surface area contributed by atoms with Crippen LogP contribution in [0.2, 0.25) is 0 Å². The number of nitrogens with zero attached hydrogens (tertiary/aromatic N) is 1. The molecule has 0 bridgehead atoms. The third-order valence-corrected chi connectivity index (χ3v) is 3.81. The highest BCUT2D eigenvalue weighted by Crippen LogP contribution is 2.35. The summed E-state index contributed by atoms with van der Waals surface area (Å²) in [5.41, 5.74) is 5.75. The molecule has 19 heavy (non-hydrogen) atoms. The Bertz CT molecular complexity index is 627. The van der Waals surface area contributed by atoms with Gasteiger partial charge in [-0.3, -0.25) is 4.79 Å². The van der Waals surface area contributed by atoms with Crippen LogP contribution in [0, 0.1) is 5.82 Å². The molecule has 2 aromatic rings. The van der Waals surface area contributed by atoms with Gasteiger partial charge in [-0.2, -0.15) is 0 Å². The van der Waals surface area contributed by atoms with E-state index in [2.05, 4.69) is 0 Å². The second-order valence-electron chi connectivity index (χ2n) is 4.03. The van der Waals surface area contributed by atoms with Crippen LogP contribution in [0.1, 0.15) is 9.67 Å². The van der Waals surface area contributed by atoms with Crippen LogP contribution in [0.5, 0.6) is 0 Å². The average Bonchev–Trinajstić information content (AvgIpc) is 2.66. The van der Waals surface area contributed by atoms with E-state index in [-0.39, 0.29) is 16.0 Å². The zero-order valence-electron chi connectivity index (χ0n) is 9.99. The topological polar surface area (TPSA) is 46.3 Å². The second-order valence-corrected chi connectivity index (χ2v) is 5.09. The Labute approximate surface area is 111 Å². The predicted molar refractivity (Wildman–Crippen MR) is 69.2 cm³/mol. The van der Waals surface area contributed by atoms with E-state index in [1.807, 2.05) is 0 Å². The Hall–Kier alpha value is -1.76. The molecular weight excluding hydrogens is 277 g/mol. The van der Waals surface area contributed by atoms with E-state index in [0.29, 0.717) is 4.70 Å². The Kier molecular flexibility index (Phi) is 3.66. The Morgan fingerprint density at radius 1 is 1.47 bits per heavy atom. The summed E-state index contributed by atoms with van der Waals surface area (Å²) in [5, 5.41) is 0.168. The normalized spacial score (nSPS) is 11.2. The van der Waals surface area contributed by atoms with Crippen molar-refractivity contribution < 1.29 is 18.0 Å². The number of thiophene rings is 1. The van der Waals surface area contributed by atoms with Crippen molar-refractivity contribution in [2.45, 2.75) is 6.43 Å². The monoisotopic (exact) mass is 288 g/mol. The lowest BCUT2D eigenvalue weighted by Gasteiger charge is -2.15. The van der Waals surface area contributed by atoms with Gasteiger partial charge in [0.05, 0.1) is 17.6 Å². The SMILES string of the molecule is CN(CC(F)F)C(=O)c1sc2cccc(F)c2c1N. The largest absolute Gasteiger partial charge is 0.397 e. The highest BCUT2D eigenvalue weighted by Gasteiger charge is 2.22. The third-order valence-electron chi connectivity index (χ3n) is 2.65. The molecule has 0 radical (unpaired) electrons. The summed E-state index contributed by atoms with van der Waals surface area (Å²) in [6.45, 7) is -0.686.